The van der Waals surface area contributed by atoms with Crippen molar-refractivity contribution in [3.63, 3.8) is 0 Å². The van der Waals surface area contributed by atoms with Crippen LogP contribution in [0, 0.1) is 0 Å². The fourth-order valence-corrected chi connectivity index (χ4v) is 2.12. The van der Waals surface area contributed by atoms with Gasteiger partial charge in [0.1, 0.15) is 0 Å². The van der Waals surface area contributed by atoms with Gasteiger partial charge in [0, 0.05) is 17.1 Å². The van der Waals surface area contributed by atoms with Crippen molar-refractivity contribution in [2.45, 2.75) is 18.9 Å². The molecule has 0 radical (unpaired) electrons. The Morgan fingerprint density at radius 2 is 2.06 bits per heavy atom. The maximum atomic E-state index is 11.1. The van der Waals surface area contributed by atoms with E-state index in [1.54, 1.807) is 0 Å². The summed E-state index contributed by atoms with van der Waals surface area (Å²) in [6.45, 7) is 1.33. The monoisotopic (exact) mass is 282 g/mol. The molecule has 1 aliphatic heterocycles. The molecule has 1 heterocycles. The number of hydrogen-bond acceptors (Lipinski definition) is 2. The highest BCUT2D eigenvalue weighted by atomic mass is 79.9. The maximum absolute atomic E-state index is 11.1. The molecule has 1 aromatic rings. The highest BCUT2D eigenvalue weighted by molar-refractivity contribution is 9.10. The molecule has 1 aliphatic rings. The molecule has 2 rings (SSSR count). The Kier molecular flexibility index (Phi) is 3.96. The van der Waals surface area contributed by atoms with E-state index in [9.17, 15) is 4.79 Å². The normalized spacial score (nSPS) is 20.6. The number of hydrogen-bond donors (Lipinski definition) is 2. The van der Waals surface area contributed by atoms with E-state index < -0.39 is 0 Å². The van der Waals surface area contributed by atoms with Crippen LogP contribution in [0.25, 0.3) is 0 Å². The van der Waals surface area contributed by atoms with Crippen LogP contribution in [-0.4, -0.2) is 25.0 Å². The lowest BCUT2D eigenvalue weighted by Gasteiger charge is -2.24. The molecule has 0 bridgehead atoms. The molecule has 86 valence electrons. The van der Waals surface area contributed by atoms with Crippen molar-refractivity contribution in [2.75, 3.05) is 13.1 Å². The van der Waals surface area contributed by atoms with E-state index >= 15 is 0 Å². The quantitative estimate of drug-likeness (QED) is 0.882. The molecule has 1 aromatic carbocycles. The first kappa shape index (κ1) is 11.6. The van der Waals surface area contributed by atoms with Gasteiger partial charge in [-0.25, -0.2) is 0 Å². The summed E-state index contributed by atoms with van der Waals surface area (Å²) >= 11 is 3.41. The fourth-order valence-electron chi connectivity index (χ4n) is 1.86. The second kappa shape index (κ2) is 5.46. The number of carbonyl (C=O) groups excluding carboxylic acids is 1. The van der Waals surface area contributed by atoms with Crippen LogP contribution in [0.3, 0.4) is 0 Å². The minimum absolute atomic E-state index is 0.104. The Morgan fingerprint density at radius 1 is 1.31 bits per heavy atom. The lowest BCUT2D eigenvalue weighted by atomic mass is 10.0. The average Bonchev–Trinajstić information content (AvgIpc) is 2.28. The van der Waals surface area contributed by atoms with Crippen molar-refractivity contribution in [2.24, 2.45) is 0 Å². The third-order valence-corrected chi connectivity index (χ3v) is 3.26. The summed E-state index contributed by atoms with van der Waals surface area (Å²) in [5.41, 5.74) is 1.31. The minimum atomic E-state index is 0.104. The van der Waals surface area contributed by atoms with E-state index in [2.05, 4.69) is 38.7 Å². The first-order chi connectivity index (χ1) is 7.74. The molecule has 1 saturated heterocycles. The largest absolute Gasteiger partial charge is 0.351 e. The number of amides is 1. The Labute approximate surface area is 104 Å². The van der Waals surface area contributed by atoms with Gasteiger partial charge in [-0.15, -0.1) is 0 Å². The first-order valence-corrected chi connectivity index (χ1v) is 6.28. The Hall–Kier alpha value is -0.870. The molecule has 16 heavy (non-hydrogen) atoms. The summed E-state index contributed by atoms with van der Waals surface area (Å²) in [7, 11) is 0. The molecular weight excluding hydrogens is 268 g/mol. The molecule has 4 heteroatoms. The van der Waals surface area contributed by atoms with E-state index in [-0.39, 0.29) is 11.9 Å². The fraction of sp³-hybridized carbons (Fsp3) is 0.417. The predicted molar refractivity (Wildman–Crippen MR) is 67.3 cm³/mol. The van der Waals surface area contributed by atoms with Crippen LogP contribution in [0.1, 0.15) is 12.0 Å². The van der Waals surface area contributed by atoms with Crippen LogP contribution in [0.4, 0.5) is 0 Å². The van der Waals surface area contributed by atoms with Crippen molar-refractivity contribution in [3.05, 3.63) is 34.3 Å². The van der Waals surface area contributed by atoms with Gasteiger partial charge in [-0.05, 0) is 30.5 Å². The SMILES string of the molecule is O=C1CNCC(CCc2ccc(Br)cc2)N1. The number of nitrogens with one attached hydrogen (secondary N) is 2. The van der Waals surface area contributed by atoms with E-state index in [1.165, 1.54) is 5.56 Å². The second-order valence-corrected chi connectivity index (χ2v) is 4.98. The van der Waals surface area contributed by atoms with Gasteiger partial charge in [0.25, 0.3) is 0 Å². The molecule has 1 amide bonds. The average molecular weight is 283 g/mol. The molecule has 0 spiro atoms. The zero-order valence-corrected chi connectivity index (χ0v) is 10.6. The molecule has 2 N–H and O–H groups in total. The summed E-state index contributed by atoms with van der Waals surface area (Å²) in [5, 5.41) is 6.10. The topological polar surface area (TPSA) is 41.1 Å². The first-order valence-electron chi connectivity index (χ1n) is 5.48. The number of aryl methyl sites for hydroxylation is 1. The van der Waals surface area contributed by atoms with E-state index in [0.717, 1.165) is 23.9 Å². The molecule has 1 atom stereocenters. The zero-order valence-electron chi connectivity index (χ0n) is 9.00. The van der Waals surface area contributed by atoms with Gasteiger partial charge in [-0.2, -0.15) is 0 Å². The molecular formula is C12H15BrN2O. The number of benzene rings is 1. The van der Waals surface area contributed by atoms with Crippen LogP contribution in [-0.2, 0) is 11.2 Å². The van der Waals surface area contributed by atoms with Gasteiger partial charge in [0.2, 0.25) is 5.91 Å². The summed E-state index contributed by atoms with van der Waals surface area (Å²) in [5.74, 6) is 0.104. The van der Waals surface area contributed by atoms with Gasteiger partial charge in [-0.3, -0.25) is 4.79 Å². The van der Waals surface area contributed by atoms with Gasteiger partial charge in [-0.1, -0.05) is 28.1 Å². The van der Waals surface area contributed by atoms with Gasteiger partial charge in [0.15, 0.2) is 0 Å². The smallest absolute Gasteiger partial charge is 0.234 e. The summed E-state index contributed by atoms with van der Waals surface area (Å²) in [4.78, 5) is 11.1. The zero-order chi connectivity index (χ0) is 11.4. The third-order valence-electron chi connectivity index (χ3n) is 2.74. The van der Waals surface area contributed by atoms with Crippen molar-refractivity contribution in [3.8, 4) is 0 Å². The standard InChI is InChI=1S/C12H15BrN2O/c13-10-4-1-9(2-5-10)3-6-11-7-14-8-12(16)15-11/h1-2,4-5,11,14H,3,6-8H2,(H,15,16). The second-order valence-electron chi connectivity index (χ2n) is 4.06. The van der Waals surface area contributed by atoms with Crippen LogP contribution < -0.4 is 10.6 Å². The molecule has 1 fully saturated rings. The predicted octanol–water partition coefficient (Wildman–Crippen LogP) is 1.47. The Morgan fingerprint density at radius 3 is 2.75 bits per heavy atom. The van der Waals surface area contributed by atoms with Crippen LogP contribution in [0.15, 0.2) is 28.7 Å². The summed E-state index contributed by atoms with van der Waals surface area (Å²) in [6.07, 6.45) is 1.99. The molecule has 0 saturated carbocycles. The van der Waals surface area contributed by atoms with E-state index in [4.69, 9.17) is 0 Å². The van der Waals surface area contributed by atoms with Crippen LogP contribution >= 0.6 is 15.9 Å². The highest BCUT2D eigenvalue weighted by Crippen LogP contribution is 2.12. The third kappa shape index (κ3) is 3.32. The van der Waals surface area contributed by atoms with Crippen molar-refractivity contribution in [1.82, 2.24) is 10.6 Å². The summed E-state index contributed by atoms with van der Waals surface area (Å²) in [6, 6.07) is 8.59. The number of piperazine rings is 1. The Balaban J connectivity index is 1.82. The molecule has 0 aliphatic carbocycles. The van der Waals surface area contributed by atoms with Gasteiger partial charge in [0.05, 0.1) is 6.54 Å². The lowest BCUT2D eigenvalue weighted by Crippen LogP contribution is -2.52. The van der Waals surface area contributed by atoms with Gasteiger partial charge >= 0.3 is 0 Å². The van der Waals surface area contributed by atoms with Crippen molar-refractivity contribution >= 4 is 21.8 Å². The molecule has 3 nitrogen and oxygen atoms in total. The molecule has 0 aromatic heterocycles. The Bertz CT molecular complexity index is 364. The molecule has 1 unspecified atom stereocenters. The number of halogens is 1. The minimum Gasteiger partial charge on any atom is -0.351 e. The number of rotatable bonds is 3. The van der Waals surface area contributed by atoms with Crippen molar-refractivity contribution < 1.29 is 4.79 Å². The van der Waals surface area contributed by atoms with Crippen LogP contribution in [0.2, 0.25) is 0 Å². The maximum Gasteiger partial charge on any atom is 0.234 e. The van der Waals surface area contributed by atoms with E-state index in [0.29, 0.717) is 6.54 Å². The summed E-state index contributed by atoms with van der Waals surface area (Å²) < 4.78 is 1.10. The highest BCUT2D eigenvalue weighted by Gasteiger charge is 2.16. The van der Waals surface area contributed by atoms with Crippen LogP contribution in [0.5, 0.6) is 0 Å². The van der Waals surface area contributed by atoms with Crippen molar-refractivity contribution in [1.29, 1.82) is 0 Å². The lowest BCUT2D eigenvalue weighted by molar-refractivity contribution is -0.122. The number of carbonyl (C=O) groups is 1. The van der Waals surface area contributed by atoms with E-state index in [1.807, 2.05) is 12.1 Å². The van der Waals surface area contributed by atoms with Gasteiger partial charge < -0.3 is 10.6 Å².